The average molecular weight is 369 g/mol. The first-order valence-corrected chi connectivity index (χ1v) is 9.07. The fraction of sp³-hybridized carbons (Fsp3) is 0.364. The first-order chi connectivity index (χ1) is 12.8. The van der Waals surface area contributed by atoms with E-state index in [9.17, 15) is 9.59 Å². The number of aryl methyl sites for hydroxylation is 1. The molecule has 5 heteroatoms. The Morgan fingerprint density at radius 2 is 1.48 bits per heavy atom. The number of hydrogen-bond acceptors (Lipinski definition) is 4. The highest BCUT2D eigenvalue weighted by molar-refractivity contribution is 5.81. The van der Waals surface area contributed by atoms with E-state index in [4.69, 9.17) is 9.47 Å². The molecule has 2 aromatic carbocycles. The predicted octanol–water partition coefficient (Wildman–Crippen LogP) is 4.26. The van der Waals surface area contributed by atoms with Crippen LogP contribution in [0.15, 0.2) is 60.7 Å². The van der Waals surface area contributed by atoms with Gasteiger partial charge in [0, 0.05) is 0 Å². The van der Waals surface area contributed by atoms with E-state index in [1.54, 1.807) is 20.8 Å². The van der Waals surface area contributed by atoms with Crippen molar-refractivity contribution in [1.82, 2.24) is 5.32 Å². The van der Waals surface area contributed by atoms with Crippen molar-refractivity contribution in [1.29, 1.82) is 0 Å². The van der Waals surface area contributed by atoms with Crippen LogP contribution in [0.2, 0.25) is 0 Å². The van der Waals surface area contributed by atoms with Crippen molar-refractivity contribution in [3.63, 3.8) is 0 Å². The topological polar surface area (TPSA) is 64.6 Å². The van der Waals surface area contributed by atoms with Crippen molar-refractivity contribution < 1.29 is 19.1 Å². The van der Waals surface area contributed by atoms with Crippen molar-refractivity contribution in [2.24, 2.45) is 0 Å². The summed E-state index contributed by atoms with van der Waals surface area (Å²) in [4.78, 5) is 24.7. The number of esters is 1. The fourth-order valence-corrected chi connectivity index (χ4v) is 2.48. The molecule has 144 valence electrons. The van der Waals surface area contributed by atoms with Crippen molar-refractivity contribution in [2.45, 2.75) is 51.9 Å². The Morgan fingerprint density at radius 3 is 2.04 bits per heavy atom. The normalized spacial score (nSPS) is 12.1. The number of nitrogens with one attached hydrogen (secondary N) is 1. The van der Waals surface area contributed by atoms with Gasteiger partial charge in [0.15, 0.2) is 0 Å². The largest absolute Gasteiger partial charge is 0.459 e. The lowest BCUT2D eigenvalue weighted by molar-refractivity contribution is -0.147. The maximum absolute atomic E-state index is 12.5. The van der Waals surface area contributed by atoms with Crippen LogP contribution in [0.25, 0.3) is 0 Å². The second-order valence-electron chi connectivity index (χ2n) is 7.32. The molecule has 0 spiro atoms. The van der Waals surface area contributed by atoms with Gasteiger partial charge in [0.25, 0.3) is 0 Å². The molecule has 0 fully saturated rings. The molecule has 0 unspecified atom stereocenters. The summed E-state index contributed by atoms with van der Waals surface area (Å²) in [5.74, 6) is -0.472. The van der Waals surface area contributed by atoms with Crippen molar-refractivity contribution in [2.75, 3.05) is 0 Å². The van der Waals surface area contributed by atoms with Gasteiger partial charge in [-0.1, -0.05) is 60.7 Å². The van der Waals surface area contributed by atoms with E-state index in [2.05, 4.69) is 5.32 Å². The molecule has 0 aromatic heterocycles. The summed E-state index contributed by atoms with van der Waals surface area (Å²) >= 11 is 0. The molecule has 0 saturated heterocycles. The highest BCUT2D eigenvalue weighted by Gasteiger charge is 2.25. The number of amides is 1. The third-order valence-electron chi connectivity index (χ3n) is 3.76. The molecule has 0 aliphatic heterocycles. The SMILES string of the molecule is CC(C)(C)OC(=O)N[C@H](CCc1ccccc1)C(=O)OCc1ccccc1. The highest BCUT2D eigenvalue weighted by Crippen LogP contribution is 2.11. The molecule has 0 saturated carbocycles. The Kier molecular flexibility index (Phi) is 7.41. The Balaban J connectivity index is 1.98. The summed E-state index contributed by atoms with van der Waals surface area (Å²) in [7, 11) is 0. The van der Waals surface area contributed by atoms with Gasteiger partial charge in [-0.15, -0.1) is 0 Å². The molecule has 1 amide bonds. The van der Waals surface area contributed by atoms with Crippen LogP contribution in [-0.4, -0.2) is 23.7 Å². The van der Waals surface area contributed by atoms with Gasteiger partial charge in [0.1, 0.15) is 18.2 Å². The van der Waals surface area contributed by atoms with Crippen LogP contribution in [0.4, 0.5) is 4.79 Å². The van der Waals surface area contributed by atoms with E-state index in [1.807, 2.05) is 60.7 Å². The van der Waals surface area contributed by atoms with E-state index in [0.717, 1.165) is 11.1 Å². The zero-order valence-electron chi connectivity index (χ0n) is 16.1. The van der Waals surface area contributed by atoms with E-state index in [1.165, 1.54) is 0 Å². The number of carbonyl (C=O) groups excluding carboxylic acids is 2. The third kappa shape index (κ3) is 7.94. The van der Waals surface area contributed by atoms with Crippen LogP contribution in [-0.2, 0) is 27.3 Å². The zero-order valence-corrected chi connectivity index (χ0v) is 16.1. The van der Waals surface area contributed by atoms with Gasteiger partial charge in [-0.25, -0.2) is 9.59 Å². The van der Waals surface area contributed by atoms with Crippen LogP contribution in [0, 0.1) is 0 Å². The summed E-state index contributed by atoms with van der Waals surface area (Å²) in [5.41, 5.74) is 1.34. The first kappa shape index (κ1) is 20.5. The monoisotopic (exact) mass is 369 g/mol. The zero-order chi connectivity index (χ0) is 19.7. The molecule has 0 aliphatic rings. The van der Waals surface area contributed by atoms with Gasteiger partial charge in [0.2, 0.25) is 0 Å². The van der Waals surface area contributed by atoms with Crippen LogP contribution < -0.4 is 5.32 Å². The number of carbonyl (C=O) groups is 2. The van der Waals surface area contributed by atoms with Gasteiger partial charge in [-0.05, 0) is 44.7 Å². The molecule has 1 atom stereocenters. The Morgan fingerprint density at radius 1 is 0.926 bits per heavy atom. The molecule has 0 radical (unpaired) electrons. The highest BCUT2D eigenvalue weighted by atomic mass is 16.6. The number of benzene rings is 2. The summed E-state index contributed by atoms with van der Waals surface area (Å²) in [5, 5.41) is 2.64. The summed E-state index contributed by atoms with van der Waals surface area (Å²) < 4.78 is 10.7. The van der Waals surface area contributed by atoms with Gasteiger partial charge in [0.05, 0.1) is 0 Å². The van der Waals surface area contributed by atoms with E-state index < -0.39 is 23.7 Å². The summed E-state index contributed by atoms with van der Waals surface area (Å²) in [6, 6.07) is 18.5. The fourth-order valence-electron chi connectivity index (χ4n) is 2.48. The molecular formula is C22H27NO4. The van der Waals surface area contributed by atoms with Gasteiger partial charge in [-0.2, -0.15) is 0 Å². The molecule has 0 heterocycles. The molecule has 0 aliphatic carbocycles. The lowest BCUT2D eigenvalue weighted by atomic mass is 10.1. The number of rotatable bonds is 7. The minimum absolute atomic E-state index is 0.164. The number of hydrogen-bond donors (Lipinski definition) is 1. The number of alkyl carbamates (subject to hydrolysis) is 1. The van der Waals surface area contributed by atoms with Crippen molar-refractivity contribution in [3.8, 4) is 0 Å². The lowest BCUT2D eigenvalue weighted by Crippen LogP contribution is -2.44. The van der Waals surface area contributed by atoms with E-state index in [-0.39, 0.29) is 6.61 Å². The molecule has 2 rings (SSSR count). The molecule has 2 aromatic rings. The van der Waals surface area contributed by atoms with Gasteiger partial charge < -0.3 is 14.8 Å². The van der Waals surface area contributed by atoms with Gasteiger partial charge >= 0.3 is 12.1 Å². The molecule has 27 heavy (non-hydrogen) atoms. The maximum Gasteiger partial charge on any atom is 0.408 e. The summed E-state index contributed by atoms with van der Waals surface area (Å²) in [6.45, 7) is 5.50. The Labute approximate surface area is 160 Å². The first-order valence-electron chi connectivity index (χ1n) is 9.07. The second-order valence-corrected chi connectivity index (χ2v) is 7.32. The average Bonchev–Trinajstić information content (AvgIpc) is 2.63. The van der Waals surface area contributed by atoms with E-state index >= 15 is 0 Å². The van der Waals surface area contributed by atoms with Crippen LogP contribution in [0.1, 0.15) is 38.3 Å². The Hall–Kier alpha value is -2.82. The van der Waals surface area contributed by atoms with Crippen LogP contribution in [0.3, 0.4) is 0 Å². The minimum atomic E-state index is -0.774. The smallest absolute Gasteiger partial charge is 0.408 e. The standard InChI is InChI=1S/C22H27NO4/c1-22(2,3)27-21(25)23-19(15-14-17-10-6-4-7-11-17)20(24)26-16-18-12-8-5-9-13-18/h4-13,19H,14-16H2,1-3H3,(H,23,25)/t19-/m1/s1. The third-order valence-corrected chi connectivity index (χ3v) is 3.76. The van der Waals surface area contributed by atoms with E-state index in [0.29, 0.717) is 12.8 Å². The second kappa shape index (κ2) is 9.76. The van der Waals surface area contributed by atoms with Crippen LogP contribution in [0.5, 0.6) is 0 Å². The lowest BCUT2D eigenvalue weighted by Gasteiger charge is -2.23. The molecule has 1 N–H and O–H groups in total. The van der Waals surface area contributed by atoms with Crippen LogP contribution >= 0.6 is 0 Å². The quantitative estimate of drug-likeness (QED) is 0.741. The minimum Gasteiger partial charge on any atom is -0.459 e. The molecule has 5 nitrogen and oxygen atoms in total. The molecule has 0 bridgehead atoms. The summed E-state index contributed by atoms with van der Waals surface area (Å²) in [6.07, 6.45) is 0.441. The van der Waals surface area contributed by atoms with Crippen molar-refractivity contribution in [3.05, 3.63) is 71.8 Å². The number of ether oxygens (including phenoxy) is 2. The van der Waals surface area contributed by atoms with Crippen molar-refractivity contribution >= 4 is 12.1 Å². The predicted molar refractivity (Wildman–Crippen MR) is 104 cm³/mol. The molecular weight excluding hydrogens is 342 g/mol. The van der Waals surface area contributed by atoms with Gasteiger partial charge in [-0.3, -0.25) is 0 Å². The maximum atomic E-state index is 12.5. The Bertz CT molecular complexity index is 723.